The van der Waals surface area contributed by atoms with Crippen LogP contribution < -0.4 is 10.1 Å². The third-order valence-electron chi connectivity index (χ3n) is 4.39. The third-order valence-corrected chi connectivity index (χ3v) is 4.39. The monoisotopic (exact) mass is 373 g/mol. The van der Waals surface area contributed by atoms with Crippen LogP contribution in [0.15, 0.2) is 71.4 Å². The van der Waals surface area contributed by atoms with E-state index in [4.69, 9.17) is 9.15 Å². The van der Waals surface area contributed by atoms with E-state index in [-0.39, 0.29) is 5.91 Å². The molecule has 4 rings (SSSR count). The first kappa shape index (κ1) is 17.7. The van der Waals surface area contributed by atoms with Gasteiger partial charge in [0.25, 0.3) is 0 Å². The molecule has 2 aromatic carbocycles. The molecule has 4 aromatic rings. The van der Waals surface area contributed by atoms with E-state index >= 15 is 0 Å². The van der Waals surface area contributed by atoms with Crippen LogP contribution in [0.1, 0.15) is 12.2 Å². The van der Waals surface area contributed by atoms with Crippen LogP contribution in [0.4, 0.5) is 5.69 Å². The fourth-order valence-electron chi connectivity index (χ4n) is 2.92. The molecule has 0 bridgehead atoms. The Morgan fingerprint density at radius 1 is 1.00 bits per heavy atom. The van der Waals surface area contributed by atoms with Crippen LogP contribution in [-0.4, -0.2) is 23.0 Å². The zero-order valence-electron chi connectivity index (χ0n) is 15.4. The molecule has 28 heavy (non-hydrogen) atoms. The number of rotatable bonds is 6. The Bertz CT molecular complexity index is 1100. The van der Waals surface area contributed by atoms with Gasteiger partial charge in [-0.05, 0) is 54.6 Å². The number of carbonyl (C=O) groups excluding carboxylic acids is 1. The van der Waals surface area contributed by atoms with Gasteiger partial charge in [0.2, 0.25) is 5.91 Å². The zero-order chi connectivity index (χ0) is 19.3. The van der Waals surface area contributed by atoms with Crippen molar-refractivity contribution in [3.05, 3.63) is 72.8 Å². The highest BCUT2D eigenvalue weighted by Crippen LogP contribution is 2.25. The molecule has 1 amide bonds. The fourth-order valence-corrected chi connectivity index (χ4v) is 2.92. The van der Waals surface area contributed by atoms with E-state index < -0.39 is 0 Å². The summed E-state index contributed by atoms with van der Waals surface area (Å²) in [6, 6.07) is 16.9. The van der Waals surface area contributed by atoms with Crippen molar-refractivity contribution in [3.63, 3.8) is 0 Å². The maximum absolute atomic E-state index is 12.3. The molecule has 6 nitrogen and oxygen atoms in total. The predicted octanol–water partition coefficient (Wildman–Crippen LogP) is 4.47. The zero-order valence-corrected chi connectivity index (χ0v) is 15.4. The van der Waals surface area contributed by atoms with Crippen LogP contribution in [0, 0.1) is 0 Å². The van der Waals surface area contributed by atoms with Crippen LogP contribution in [0.25, 0.3) is 22.4 Å². The van der Waals surface area contributed by atoms with Crippen molar-refractivity contribution in [2.75, 3.05) is 12.4 Å². The summed E-state index contributed by atoms with van der Waals surface area (Å²) in [6.07, 6.45) is 4.12. The molecule has 6 heteroatoms. The van der Waals surface area contributed by atoms with Crippen molar-refractivity contribution in [2.45, 2.75) is 12.8 Å². The number of amides is 1. The van der Waals surface area contributed by atoms with Gasteiger partial charge in [-0.1, -0.05) is 0 Å². The minimum absolute atomic E-state index is 0.0781. The Kier molecular flexibility index (Phi) is 5.01. The van der Waals surface area contributed by atoms with Gasteiger partial charge in [-0.3, -0.25) is 14.8 Å². The van der Waals surface area contributed by atoms with E-state index in [9.17, 15) is 4.79 Å². The minimum Gasteiger partial charge on any atom is -0.497 e. The van der Waals surface area contributed by atoms with Gasteiger partial charge in [-0.25, -0.2) is 0 Å². The van der Waals surface area contributed by atoms with E-state index in [1.807, 2.05) is 54.6 Å². The highest BCUT2D eigenvalue weighted by Gasteiger charge is 2.09. The second kappa shape index (κ2) is 7.92. The Balaban J connectivity index is 1.36. The number of furan rings is 1. The smallest absolute Gasteiger partial charge is 0.224 e. The number of aryl methyl sites for hydroxylation is 1. The first-order valence-corrected chi connectivity index (χ1v) is 8.95. The maximum Gasteiger partial charge on any atom is 0.224 e. The lowest BCUT2D eigenvalue weighted by atomic mass is 10.2. The van der Waals surface area contributed by atoms with Crippen LogP contribution in [-0.2, 0) is 11.2 Å². The van der Waals surface area contributed by atoms with Gasteiger partial charge in [-0.2, -0.15) is 0 Å². The van der Waals surface area contributed by atoms with Gasteiger partial charge in [0.1, 0.15) is 17.3 Å². The number of fused-ring (bicyclic) bond motifs is 1. The summed E-state index contributed by atoms with van der Waals surface area (Å²) < 4.78 is 11.0. The van der Waals surface area contributed by atoms with Gasteiger partial charge < -0.3 is 14.5 Å². The molecule has 0 saturated heterocycles. The molecule has 0 spiro atoms. The summed E-state index contributed by atoms with van der Waals surface area (Å²) in [6.45, 7) is 0. The van der Waals surface area contributed by atoms with Crippen molar-refractivity contribution in [2.24, 2.45) is 0 Å². The molecule has 0 aliphatic rings. The molecular formula is C22H19N3O3. The summed E-state index contributed by atoms with van der Waals surface area (Å²) in [5.74, 6) is 2.26. The second-order valence-electron chi connectivity index (χ2n) is 6.30. The van der Waals surface area contributed by atoms with E-state index in [1.165, 1.54) is 0 Å². The van der Waals surface area contributed by atoms with E-state index in [1.54, 1.807) is 19.5 Å². The van der Waals surface area contributed by atoms with E-state index in [2.05, 4.69) is 15.3 Å². The molecule has 0 atom stereocenters. The molecule has 0 unspecified atom stereocenters. The van der Waals surface area contributed by atoms with Gasteiger partial charge >= 0.3 is 0 Å². The van der Waals surface area contributed by atoms with Gasteiger partial charge in [0, 0.05) is 36.5 Å². The molecule has 0 fully saturated rings. The van der Waals surface area contributed by atoms with Gasteiger partial charge in [0.05, 0.1) is 18.1 Å². The van der Waals surface area contributed by atoms with E-state index in [0.717, 1.165) is 33.9 Å². The summed E-state index contributed by atoms with van der Waals surface area (Å²) in [5.41, 5.74) is 3.21. The molecule has 1 N–H and O–H groups in total. The molecule has 0 saturated carbocycles. The van der Waals surface area contributed by atoms with Crippen molar-refractivity contribution in [1.82, 2.24) is 9.97 Å². The lowest BCUT2D eigenvalue weighted by Gasteiger charge is -2.05. The number of aromatic nitrogens is 2. The average Bonchev–Trinajstić information content (AvgIpc) is 3.21. The Morgan fingerprint density at radius 2 is 1.79 bits per heavy atom. The van der Waals surface area contributed by atoms with Crippen LogP contribution in [0.2, 0.25) is 0 Å². The summed E-state index contributed by atoms with van der Waals surface area (Å²) in [4.78, 5) is 20.7. The number of ether oxygens (including phenoxy) is 1. The highest BCUT2D eigenvalue weighted by atomic mass is 16.5. The lowest BCUT2D eigenvalue weighted by Crippen LogP contribution is -2.12. The SMILES string of the molecule is COc1ccc(-c2ccc(CCC(=O)Nc3ccc4nccnc4c3)o2)cc1. The fraction of sp³-hybridized carbons (Fsp3) is 0.136. The third kappa shape index (κ3) is 4.01. The number of benzene rings is 2. The van der Waals surface area contributed by atoms with E-state index in [0.29, 0.717) is 18.5 Å². The number of methoxy groups -OCH3 is 1. The Hall–Kier alpha value is -3.67. The summed E-state index contributed by atoms with van der Waals surface area (Å²) in [5, 5.41) is 2.89. The van der Waals surface area contributed by atoms with Crippen LogP contribution in [0.3, 0.4) is 0 Å². The quantitative estimate of drug-likeness (QED) is 0.540. The van der Waals surface area contributed by atoms with Crippen molar-refractivity contribution in [3.8, 4) is 17.1 Å². The predicted molar refractivity (Wildman–Crippen MR) is 107 cm³/mol. The van der Waals surface area contributed by atoms with Crippen molar-refractivity contribution < 1.29 is 13.9 Å². The summed E-state index contributed by atoms with van der Waals surface area (Å²) in [7, 11) is 1.64. The molecular weight excluding hydrogens is 354 g/mol. The molecule has 2 heterocycles. The van der Waals surface area contributed by atoms with Gasteiger partial charge in [-0.15, -0.1) is 0 Å². The largest absolute Gasteiger partial charge is 0.497 e. The van der Waals surface area contributed by atoms with Crippen LogP contribution >= 0.6 is 0 Å². The topological polar surface area (TPSA) is 77.2 Å². The average molecular weight is 373 g/mol. The number of hydrogen-bond donors (Lipinski definition) is 1. The first-order chi connectivity index (χ1) is 13.7. The molecule has 0 aliphatic heterocycles. The lowest BCUT2D eigenvalue weighted by molar-refractivity contribution is -0.116. The number of carbonyl (C=O) groups is 1. The highest BCUT2D eigenvalue weighted by molar-refractivity contribution is 5.92. The number of hydrogen-bond acceptors (Lipinski definition) is 5. The van der Waals surface area contributed by atoms with Gasteiger partial charge in [0.15, 0.2) is 0 Å². The standard InChI is InChI=1S/C22H19N3O3/c1-27-17-5-2-15(3-6-17)21-10-7-18(28-21)8-11-22(26)25-16-4-9-19-20(14-16)24-13-12-23-19/h2-7,9-10,12-14H,8,11H2,1H3,(H,25,26). The number of nitrogens with zero attached hydrogens (tertiary/aromatic N) is 2. The molecule has 2 aromatic heterocycles. The van der Waals surface area contributed by atoms with Crippen molar-refractivity contribution in [1.29, 1.82) is 0 Å². The number of nitrogens with one attached hydrogen (secondary N) is 1. The molecule has 140 valence electrons. The summed E-state index contributed by atoms with van der Waals surface area (Å²) >= 11 is 0. The maximum atomic E-state index is 12.3. The Morgan fingerprint density at radius 3 is 2.57 bits per heavy atom. The van der Waals surface area contributed by atoms with Crippen LogP contribution in [0.5, 0.6) is 5.75 Å². The van der Waals surface area contributed by atoms with Crippen molar-refractivity contribution >= 4 is 22.6 Å². The normalized spacial score (nSPS) is 10.8. The first-order valence-electron chi connectivity index (χ1n) is 8.95. The minimum atomic E-state index is -0.0781. The molecule has 0 radical (unpaired) electrons. The Labute approximate surface area is 162 Å². The second-order valence-corrected chi connectivity index (χ2v) is 6.30. The number of anilines is 1. The molecule has 0 aliphatic carbocycles.